The monoisotopic (exact) mass is 484 g/mol. The maximum absolute atomic E-state index is 11.0. The van der Waals surface area contributed by atoms with E-state index in [0.29, 0.717) is 32.7 Å². The zero-order valence-electron chi connectivity index (χ0n) is 19.7. The summed E-state index contributed by atoms with van der Waals surface area (Å²) in [5.74, 6) is -0.0373. The highest BCUT2D eigenvalue weighted by Crippen LogP contribution is 2.37. The SMILES string of the molecule is NC(=O)CCCC=CC[C@@H]1[C@@H](N2CCOCC2)[C@H](O)C[C@@H]1OCc1csc(-c2ccccc2)c1. The molecule has 1 saturated heterocycles. The van der Waals surface area contributed by atoms with Crippen LogP contribution in [0, 0.1) is 5.92 Å². The summed E-state index contributed by atoms with van der Waals surface area (Å²) in [5, 5.41) is 13.2. The number of morpholine rings is 1. The molecule has 1 aromatic carbocycles. The van der Waals surface area contributed by atoms with Crippen LogP contribution in [0.4, 0.5) is 0 Å². The number of primary amides is 1. The summed E-state index contributed by atoms with van der Waals surface area (Å²) in [4.78, 5) is 14.6. The number of amides is 1. The molecule has 1 aromatic heterocycles. The number of aliphatic hydroxyl groups excluding tert-OH is 1. The van der Waals surface area contributed by atoms with Gasteiger partial charge in [0.25, 0.3) is 0 Å². The number of nitrogens with zero attached hydrogens (tertiary/aromatic N) is 1. The Labute approximate surface area is 206 Å². The Balaban J connectivity index is 1.39. The summed E-state index contributed by atoms with van der Waals surface area (Å²) in [6.07, 6.45) is 7.43. The lowest BCUT2D eigenvalue weighted by molar-refractivity contribution is -0.118. The van der Waals surface area contributed by atoms with E-state index in [0.717, 1.165) is 32.4 Å². The summed E-state index contributed by atoms with van der Waals surface area (Å²) in [6, 6.07) is 12.7. The van der Waals surface area contributed by atoms with E-state index in [4.69, 9.17) is 15.2 Å². The molecule has 2 fully saturated rings. The fourth-order valence-electron chi connectivity index (χ4n) is 5.10. The minimum absolute atomic E-state index is 0.00168. The van der Waals surface area contributed by atoms with Gasteiger partial charge < -0.3 is 20.3 Å². The lowest BCUT2D eigenvalue weighted by atomic mass is 9.94. The Hall–Kier alpha value is -2.03. The van der Waals surface area contributed by atoms with E-state index in [1.807, 2.05) is 6.07 Å². The minimum Gasteiger partial charge on any atom is -0.391 e. The first-order chi connectivity index (χ1) is 16.6. The van der Waals surface area contributed by atoms with Crippen LogP contribution >= 0.6 is 11.3 Å². The molecule has 184 valence electrons. The number of benzene rings is 1. The lowest BCUT2D eigenvalue weighted by Gasteiger charge is -2.37. The quantitative estimate of drug-likeness (QED) is 0.372. The van der Waals surface area contributed by atoms with Crippen LogP contribution in [0.5, 0.6) is 0 Å². The van der Waals surface area contributed by atoms with Gasteiger partial charge in [0.1, 0.15) is 0 Å². The first-order valence-electron chi connectivity index (χ1n) is 12.3. The van der Waals surface area contributed by atoms with E-state index < -0.39 is 6.10 Å². The minimum atomic E-state index is -0.404. The van der Waals surface area contributed by atoms with Gasteiger partial charge in [0.2, 0.25) is 5.91 Å². The molecule has 2 aliphatic rings. The smallest absolute Gasteiger partial charge is 0.217 e. The molecule has 1 amide bonds. The normalized spacial score (nSPS) is 25.8. The Bertz CT molecular complexity index is 926. The Morgan fingerprint density at radius 2 is 2.03 bits per heavy atom. The third-order valence-corrected chi connectivity index (χ3v) is 7.82. The molecule has 3 N–H and O–H groups in total. The van der Waals surface area contributed by atoms with E-state index in [2.05, 4.69) is 52.8 Å². The summed E-state index contributed by atoms with van der Waals surface area (Å²) in [7, 11) is 0. The molecule has 7 heteroatoms. The van der Waals surface area contributed by atoms with Gasteiger partial charge in [0, 0.05) is 42.8 Å². The first kappa shape index (κ1) is 25.1. The maximum Gasteiger partial charge on any atom is 0.217 e. The molecule has 34 heavy (non-hydrogen) atoms. The van der Waals surface area contributed by atoms with E-state index >= 15 is 0 Å². The second kappa shape index (κ2) is 12.6. The molecule has 4 rings (SSSR count). The van der Waals surface area contributed by atoms with Crippen LogP contribution in [0.25, 0.3) is 10.4 Å². The summed E-state index contributed by atoms with van der Waals surface area (Å²) in [5.41, 5.74) is 7.63. The van der Waals surface area contributed by atoms with Gasteiger partial charge in [0.05, 0.1) is 32.0 Å². The van der Waals surface area contributed by atoms with Crippen molar-refractivity contribution in [3.8, 4) is 10.4 Å². The largest absolute Gasteiger partial charge is 0.391 e. The van der Waals surface area contributed by atoms with Crippen molar-refractivity contribution in [2.24, 2.45) is 11.7 Å². The molecule has 1 aliphatic carbocycles. The number of carbonyl (C=O) groups is 1. The third kappa shape index (κ3) is 6.77. The van der Waals surface area contributed by atoms with E-state index in [1.54, 1.807) is 11.3 Å². The average Bonchev–Trinajstić information content (AvgIpc) is 3.45. The van der Waals surface area contributed by atoms with Crippen LogP contribution in [0.15, 0.2) is 53.9 Å². The van der Waals surface area contributed by atoms with Crippen LogP contribution in [0.2, 0.25) is 0 Å². The molecule has 0 bridgehead atoms. The molecular weight excluding hydrogens is 448 g/mol. The molecule has 6 nitrogen and oxygen atoms in total. The summed E-state index contributed by atoms with van der Waals surface area (Å²) < 4.78 is 12.0. The number of thiophene rings is 1. The molecule has 4 atom stereocenters. The van der Waals surface area contributed by atoms with Crippen molar-refractivity contribution >= 4 is 17.2 Å². The average molecular weight is 485 g/mol. The van der Waals surface area contributed by atoms with Crippen molar-refractivity contribution in [1.82, 2.24) is 4.90 Å². The van der Waals surface area contributed by atoms with Gasteiger partial charge in [-0.15, -0.1) is 11.3 Å². The third-order valence-electron chi connectivity index (χ3n) is 6.80. The van der Waals surface area contributed by atoms with Gasteiger partial charge in [-0.05, 0) is 41.8 Å². The highest BCUT2D eigenvalue weighted by Gasteiger charge is 2.45. The standard InChI is InChI=1S/C27H36N2O4S/c28-26(31)11-7-2-1-6-10-22-24(17-23(30)27(22)29-12-14-32-15-13-29)33-18-20-16-25(34-19-20)21-8-4-3-5-9-21/h1,3-6,8-9,16,19,22-24,27,30H,2,7,10-15,17-18H2,(H2,28,31)/t22-,23+,24-,27+/m0/s1. The number of unbranched alkanes of at least 4 members (excludes halogenated alkanes) is 1. The highest BCUT2D eigenvalue weighted by molar-refractivity contribution is 7.13. The van der Waals surface area contributed by atoms with Gasteiger partial charge >= 0.3 is 0 Å². The van der Waals surface area contributed by atoms with Crippen molar-refractivity contribution in [3.05, 3.63) is 59.5 Å². The lowest BCUT2D eigenvalue weighted by Crippen LogP contribution is -2.50. The zero-order valence-corrected chi connectivity index (χ0v) is 20.5. The molecule has 0 spiro atoms. The molecule has 0 unspecified atom stereocenters. The van der Waals surface area contributed by atoms with Crippen molar-refractivity contribution < 1.29 is 19.4 Å². The number of nitrogens with two attached hydrogens (primary N) is 1. The van der Waals surface area contributed by atoms with Gasteiger partial charge in [-0.1, -0.05) is 42.5 Å². The first-order valence-corrected chi connectivity index (χ1v) is 13.2. The maximum atomic E-state index is 11.0. The van der Waals surface area contributed by atoms with E-state index in [9.17, 15) is 9.90 Å². The highest BCUT2D eigenvalue weighted by atomic mass is 32.1. The van der Waals surface area contributed by atoms with Gasteiger partial charge in [-0.2, -0.15) is 0 Å². The summed E-state index contributed by atoms with van der Waals surface area (Å²) in [6.45, 7) is 3.66. The molecule has 0 radical (unpaired) electrons. The van der Waals surface area contributed by atoms with Crippen molar-refractivity contribution in [1.29, 1.82) is 0 Å². The Morgan fingerprint density at radius 1 is 1.24 bits per heavy atom. The van der Waals surface area contributed by atoms with Crippen LogP contribution in [0.3, 0.4) is 0 Å². The van der Waals surface area contributed by atoms with E-state index in [-0.39, 0.29) is 24.0 Å². The second-order valence-corrected chi connectivity index (χ2v) is 10.1. The van der Waals surface area contributed by atoms with Crippen molar-refractivity contribution in [2.45, 2.75) is 57.0 Å². The fraction of sp³-hybridized carbons (Fsp3) is 0.519. The second-order valence-electron chi connectivity index (χ2n) is 9.21. The molecular formula is C27H36N2O4S. The number of rotatable bonds is 11. The summed E-state index contributed by atoms with van der Waals surface area (Å²) >= 11 is 1.74. The van der Waals surface area contributed by atoms with Crippen molar-refractivity contribution in [2.75, 3.05) is 26.3 Å². The van der Waals surface area contributed by atoms with Crippen LogP contribution in [-0.2, 0) is 20.9 Å². The van der Waals surface area contributed by atoms with E-state index in [1.165, 1.54) is 16.0 Å². The van der Waals surface area contributed by atoms with Crippen molar-refractivity contribution in [3.63, 3.8) is 0 Å². The Morgan fingerprint density at radius 3 is 2.79 bits per heavy atom. The molecule has 1 saturated carbocycles. The fourth-order valence-corrected chi connectivity index (χ4v) is 6.01. The number of aliphatic hydroxyl groups is 1. The van der Waals surface area contributed by atoms with Gasteiger partial charge in [0.15, 0.2) is 0 Å². The number of hydrogen-bond donors (Lipinski definition) is 2. The molecule has 2 heterocycles. The number of carbonyl (C=O) groups excluding carboxylic acids is 1. The van der Waals surface area contributed by atoms with Crippen LogP contribution in [-0.4, -0.2) is 60.5 Å². The van der Waals surface area contributed by atoms with Gasteiger partial charge in [-0.25, -0.2) is 0 Å². The Kier molecular flexibility index (Phi) is 9.30. The zero-order chi connectivity index (χ0) is 23.8. The topological polar surface area (TPSA) is 85.0 Å². The predicted molar refractivity (Wildman–Crippen MR) is 135 cm³/mol. The predicted octanol–water partition coefficient (Wildman–Crippen LogP) is 3.98. The molecule has 2 aromatic rings. The van der Waals surface area contributed by atoms with Crippen LogP contribution < -0.4 is 5.73 Å². The number of allylic oxidation sites excluding steroid dienone is 2. The van der Waals surface area contributed by atoms with Gasteiger partial charge in [-0.3, -0.25) is 9.69 Å². The number of hydrogen-bond acceptors (Lipinski definition) is 6. The number of ether oxygens (including phenoxy) is 2. The molecule has 1 aliphatic heterocycles. The van der Waals surface area contributed by atoms with Crippen LogP contribution in [0.1, 0.15) is 37.7 Å².